The summed E-state index contributed by atoms with van der Waals surface area (Å²) in [6.07, 6.45) is 4.49. The molecule has 4 rings (SSSR count). The Bertz CT molecular complexity index is 1170. The van der Waals surface area contributed by atoms with Gasteiger partial charge in [-0.25, -0.2) is 18.3 Å². The number of alkyl halides is 1. The van der Waals surface area contributed by atoms with Gasteiger partial charge in [0.1, 0.15) is 23.5 Å². The second-order valence-electron chi connectivity index (χ2n) is 7.08. The second kappa shape index (κ2) is 8.89. The summed E-state index contributed by atoms with van der Waals surface area (Å²) in [6.45, 7) is 2.62. The zero-order valence-corrected chi connectivity index (χ0v) is 17.9. The van der Waals surface area contributed by atoms with Crippen molar-refractivity contribution in [1.82, 2.24) is 19.9 Å². The van der Waals surface area contributed by atoms with E-state index in [1.807, 2.05) is 18.1 Å². The lowest BCUT2D eigenvalue weighted by Gasteiger charge is -2.27. The number of hydrogen-bond acceptors (Lipinski definition) is 6. The van der Waals surface area contributed by atoms with E-state index in [9.17, 15) is 8.78 Å². The zero-order chi connectivity index (χ0) is 22.0. The Balaban J connectivity index is 1.79. The SMILES string of the molecule is CCN/C(=N\C#N)c1cnc2ccc(N3C[C@@H](F)C[C@@H]3c3cc(F)ccc3SC)nn12. The molecule has 1 N–H and O–H groups in total. The highest BCUT2D eigenvalue weighted by Crippen LogP contribution is 2.40. The van der Waals surface area contributed by atoms with Crippen molar-refractivity contribution in [2.75, 3.05) is 24.2 Å². The number of nitriles is 1. The van der Waals surface area contributed by atoms with Gasteiger partial charge in [0.05, 0.1) is 18.8 Å². The summed E-state index contributed by atoms with van der Waals surface area (Å²) in [6, 6.07) is 7.84. The summed E-state index contributed by atoms with van der Waals surface area (Å²) < 4.78 is 30.1. The van der Waals surface area contributed by atoms with Crippen LogP contribution in [0.2, 0.25) is 0 Å². The molecule has 10 heteroatoms. The van der Waals surface area contributed by atoms with E-state index < -0.39 is 6.17 Å². The molecule has 1 fully saturated rings. The van der Waals surface area contributed by atoms with Crippen molar-refractivity contribution in [1.29, 1.82) is 5.26 Å². The number of fused-ring (bicyclic) bond motifs is 1. The fourth-order valence-electron chi connectivity index (χ4n) is 3.88. The number of hydrogen-bond donors (Lipinski definition) is 1. The van der Waals surface area contributed by atoms with Crippen LogP contribution >= 0.6 is 11.8 Å². The predicted octanol–water partition coefficient (Wildman–Crippen LogP) is 3.72. The lowest BCUT2D eigenvalue weighted by atomic mass is 10.0. The van der Waals surface area contributed by atoms with Crippen molar-refractivity contribution in [3.05, 3.63) is 53.6 Å². The molecule has 0 bridgehead atoms. The van der Waals surface area contributed by atoms with E-state index in [0.717, 1.165) is 10.5 Å². The Labute approximate surface area is 182 Å². The summed E-state index contributed by atoms with van der Waals surface area (Å²) in [5.41, 5.74) is 1.86. The molecule has 1 aliphatic rings. The smallest absolute Gasteiger partial charge is 0.207 e. The van der Waals surface area contributed by atoms with Crippen LogP contribution in [0.25, 0.3) is 5.65 Å². The molecule has 0 radical (unpaired) electrons. The monoisotopic (exact) mass is 441 g/mol. The molecule has 0 spiro atoms. The Hall–Kier alpha value is -3.19. The van der Waals surface area contributed by atoms with Crippen LogP contribution in [0, 0.1) is 17.3 Å². The molecule has 3 aromatic rings. The van der Waals surface area contributed by atoms with E-state index in [1.165, 1.54) is 23.9 Å². The molecular weight excluding hydrogens is 420 g/mol. The highest BCUT2D eigenvalue weighted by Gasteiger charge is 2.36. The number of nitrogens with zero attached hydrogens (tertiary/aromatic N) is 6. The van der Waals surface area contributed by atoms with Crippen molar-refractivity contribution in [2.45, 2.75) is 30.5 Å². The van der Waals surface area contributed by atoms with E-state index in [0.29, 0.717) is 29.5 Å². The number of aromatic nitrogens is 3. The molecular formula is C21H21F2N7S. The van der Waals surface area contributed by atoms with Gasteiger partial charge in [0.15, 0.2) is 11.5 Å². The average Bonchev–Trinajstić information content (AvgIpc) is 3.36. The molecule has 2 atom stereocenters. The first kappa shape index (κ1) is 21.1. The fourth-order valence-corrected chi connectivity index (χ4v) is 4.52. The number of aliphatic imine (C=N–C) groups is 1. The van der Waals surface area contributed by atoms with Gasteiger partial charge in [0.2, 0.25) is 6.19 Å². The van der Waals surface area contributed by atoms with Gasteiger partial charge in [-0.15, -0.1) is 16.9 Å². The van der Waals surface area contributed by atoms with Crippen molar-refractivity contribution in [3.63, 3.8) is 0 Å². The normalized spacial score (nSPS) is 19.1. The zero-order valence-electron chi connectivity index (χ0n) is 17.1. The lowest BCUT2D eigenvalue weighted by molar-refractivity contribution is 0.356. The van der Waals surface area contributed by atoms with Crippen LogP contribution in [0.15, 0.2) is 46.4 Å². The van der Waals surface area contributed by atoms with Crippen LogP contribution in [-0.4, -0.2) is 46.0 Å². The van der Waals surface area contributed by atoms with Crippen LogP contribution in [0.1, 0.15) is 30.6 Å². The first-order valence-corrected chi connectivity index (χ1v) is 11.1. The molecule has 1 aromatic carbocycles. The lowest BCUT2D eigenvalue weighted by Crippen LogP contribution is -2.28. The number of rotatable bonds is 5. The number of amidine groups is 1. The van der Waals surface area contributed by atoms with Crippen molar-refractivity contribution < 1.29 is 8.78 Å². The molecule has 160 valence electrons. The van der Waals surface area contributed by atoms with Crippen molar-refractivity contribution >= 4 is 29.1 Å². The minimum atomic E-state index is -1.06. The van der Waals surface area contributed by atoms with Gasteiger partial charge >= 0.3 is 0 Å². The van der Waals surface area contributed by atoms with Gasteiger partial charge in [-0.05, 0) is 49.1 Å². The average molecular weight is 442 g/mol. The van der Waals surface area contributed by atoms with Crippen LogP contribution in [-0.2, 0) is 0 Å². The summed E-state index contributed by atoms with van der Waals surface area (Å²) in [5, 5.41) is 16.7. The van der Waals surface area contributed by atoms with E-state index >= 15 is 0 Å². The maximum Gasteiger partial charge on any atom is 0.207 e. The topological polar surface area (TPSA) is 81.6 Å². The Morgan fingerprint density at radius 2 is 2.23 bits per heavy atom. The molecule has 0 aliphatic carbocycles. The quantitative estimate of drug-likeness (QED) is 0.281. The van der Waals surface area contributed by atoms with Gasteiger partial charge in [0, 0.05) is 17.9 Å². The maximum absolute atomic E-state index is 14.5. The van der Waals surface area contributed by atoms with Crippen LogP contribution in [0.3, 0.4) is 0 Å². The number of halogens is 2. The van der Waals surface area contributed by atoms with Crippen LogP contribution in [0.5, 0.6) is 0 Å². The van der Waals surface area contributed by atoms with Gasteiger partial charge in [-0.3, -0.25) is 0 Å². The fraction of sp³-hybridized carbons (Fsp3) is 0.333. The summed E-state index contributed by atoms with van der Waals surface area (Å²) in [7, 11) is 0. The second-order valence-corrected chi connectivity index (χ2v) is 7.93. The predicted molar refractivity (Wildman–Crippen MR) is 117 cm³/mol. The highest BCUT2D eigenvalue weighted by atomic mass is 32.2. The van der Waals surface area contributed by atoms with Gasteiger partial charge in [0.25, 0.3) is 0 Å². The molecule has 2 aromatic heterocycles. The van der Waals surface area contributed by atoms with E-state index in [4.69, 9.17) is 5.26 Å². The van der Waals surface area contributed by atoms with E-state index in [1.54, 1.807) is 35.1 Å². The summed E-state index contributed by atoms with van der Waals surface area (Å²) >= 11 is 1.50. The largest absolute Gasteiger partial charge is 0.368 e. The van der Waals surface area contributed by atoms with Gasteiger partial charge in [-0.1, -0.05) is 0 Å². The molecule has 7 nitrogen and oxygen atoms in total. The van der Waals surface area contributed by atoms with E-state index in [-0.39, 0.29) is 24.8 Å². The Kier molecular flexibility index (Phi) is 6.04. The summed E-state index contributed by atoms with van der Waals surface area (Å²) in [5.74, 6) is 0.553. The molecule has 0 saturated carbocycles. The number of nitrogens with one attached hydrogen (secondary N) is 1. The van der Waals surface area contributed by atoms with Crippen molar-refractivity contribution in [3.8, 4) is 6.19 Å². The van der Waals surface area contributed by atoms with Gasteiger partial charge < -0.3 is 10.2 Å². The summed E-state index contributed by atoms with van der Waals surface area (Å²) in [4.78, 5) is 10.9. The molecule has 1 aliphatic heterocycles. The Morgan fingerprint density at radius 1 is 1.39 bits per heavy atom. The minimum Gasteiger partial charge on any atom is -0.368 e. The molecule has 1 saturated heterocycles. The molecule has 0 amide bonds. The maximum atomic E-state index is 14.5. The number of thioether (sulfide) groups is 1. The van der Waals surface area contributed by atoms with Crippen LogP contribution in [0.4, 0.5) is 14.6 Å². The van der Waals surface area contributed by atoms with E-state index in [2.05, 4.69) is 20.4 Å². The number of anilines is 1. The molecule has 3 heterocycles. The third kappa shape index (κ3) is 4.05. The minimum absolute atomic E-state index is 0.157. The highest BCUT2D eigenvalue weighted by molar-refractivity contribution is 7.98. The van der Waals surface area contributed by atoms with Gasteiger partial charge in [-0.2, -0.15) is 10.3 Å². The molecule has 31 heavy (non-hydrogen) atoms. The third-order valence-electron chi connectivity index (χ3n) is 5.19. The van der Waals surface area contributed by atoms with Crippen LogP contribution < -0.4 is 10.2 Å². The first-order valence-electron chi connectivity index (χ1n) is 9.85. The number of imidazole rings is 1. The molecule has 0 unspecified atom stereocenters. The van der Waals surface area contributed by atoms with Crippen molar-refractivity contribution in [2.24, 2.45) is 4.99 Å². The third-order valence-corrected chi connectivity index (χ3v) is 6.00. The Morgan fingerprint density at radius 3 is 2.97 bits per heavy atom. The first-order chi connectivity index (χ1) is 15.0. The standard InChI is InChI=1S/C21H21F2N7S/c1-3-25-21(27-12-24)17-10-26-19-6-7-20(28-30(17)19)29-11-14(23)9-16(29)15-8-13(22)4-5-18(15)31-2/h4-8,10,14,16H,3,9,11H2,1-2H3,(H,25,27)/t14-,16+/m0/s1. The number of benzene rings is 1.